The Morgan fingerprint density at radius 2 is 2.26 bits per heavy atom. The SMILES string of the molecule is CSCCCCNc1nc(C(=O)O)ccc1[N+](=O)[O-]. The number of carboxylic acids is 1. The maximum Gasteiger partial charge on any atom is 0.354 e. The second-order valence-electron chi connectivity index (χ2n) is 3.75. The maximum atomic E-state index is 10.8. The minimum atomic E-state index is -1.21. The number of unbranched alkanes of at least 4 members (excludes halogenated alkanes) is 1. The van der Waals surface area contributed by atoms with E-state index in [2.05, 4.69) is 10.3 Å². The molecule has 104 valence electrons. The lowest BCUT2D eigenvalue weighted by Crippen LogP contribution is -2.09. The van der Waals surface area contributed by atoms with E-state index in [9.17, 15) is 14.9 Å². The number of nitro groups is 1. The van der Waals surface area contributed by atoms with Gasteiger partial charge in [0.1, 0.15) is 0 Å². The molecule has 0 spiro atoms. The van der Waals surface area contributed by atoms with Crippen molar-refractivity contribution >= 4 is 29.2 Å². The highest BCUT2D eigenvalue weighted by molar-refractivity contribution is 7.98. The highest BCUT2D eigenvalue weighted by Gasteiger charge is 2.17. The molecule has 19 heavy (non-hydrogen) atoms. The molecule has 0 radical (unpaired) electrons. The third-order valence-corrected chi connectivity index (χ3v) is 3.05. The van der Waals surface area contributed by atoms with E-state index in [4.69, 9.17) is 5.11 Å². The zero-order valence-corrected chi connectivity index (χ0v) is 11.3. The molecule has 0 saturated carbocycles. The monoisotopic (exact) mass is 285 g/mol. The number of aromatic carboxylic acids is 1. The summed E-state index contributed by atoms with van der Waals surface area (Å²) in [7, 11) is 0. The average Bonchev–Trinajstić information content (AvgIpc) is 2.38. The first-order valence-electron chi connectivity index (χ1n) is 5.67. The molecule has 2 N–H and O–H groups in total. The summed E-state index contributed by atoms with van der Waals surface area (Å²) in [6.07, 6.45) is 3.84. The number of aromatic nitrogens is 1. The normalized spacial score (nSPS) is 10.2. The number of thioether (sulfide) groups is 1. The van der Waals surface area contributed by atoms with Crippen molar-refractivity contribution in [1.82, 2.24) is 4.98 Å². The summed E-state index contributed by atoms with van der Waals surface area (Å²) >= 11 is 1.73. The fourth-order valence-corrected chi connectivity index (χ4v) is 1.92. The molecule has 0 unspecified atom stereocenters. The van der Waals surface area contributed by atoms with Gasteiger partial charge < -0.3 is 10.4 Å². The number of nitrogens with zero attached hydrogens (tertiary/aromatic N) is 2. The number of pyridine rings is 1. The van der Waals surface area contributed by atoms with Crippen LogP contribution in [0.2, 0.25) is 0 Å². The van der Waals surface area contributed by atoms with Gasteiger partial charge in [-0.05, 0) is 30.9 Å². The summed E-state index contributed by atoms with van der Waals surface area (Å²) in [6, 6.07) is 2.28. The summed E-state index contributed by atoms with van der Waals surface area (Å²) in [5.41, 5.74) is -0.424. The fraction of sp³-hybridized carbons (Fsp3) is 0.455. The highest BCUT2D eigenvalue weighted by Crippen LogP contribution is 2.22. The van der Waals surface area contributed by atoms with Crippen molar-refractivity contribution in [2.24, 2.45) is 0 Å². The van der Waals surface area contributed by atoms with E-state index in [-0.39, 0.29) is 17.2 Å². The Hall–Kier alpha value is -1.83. The molecule has 0 atom stereocenters. The number of carbonyl (C=O) groups is 1. The van der Waals surface area contributed by atoms with Gasteiger partial charge in [-0.3, -0.25) is 10.1 Å². The third kappa shape index (κ3) is 4.74. The first kappa shape index (κ1) is 15.2. The standard InChI is InChI=1S/C11H15N3O4S/c1-19-7-3-2-6-12-10-9(14(17)18)5-4-8(13-10)11(15)16/h4-5H,2-3,6-7H2,1H3,(H,12,13)(H,15,16). The van der Waals surface area contributed by atoms with E-state index in [0.717, 1.165) is 30.7 Å². The molecule has 8 heteroatoms. The lowest BCUT2D eigenvalue weighted by molar-refractivity contribution is -0.384. The Balaban J connectivity index is 2.74. The molecule has 0 amide bonds. The number of hydrogen-bond acceptors (Lipinski definition) is 6. The van der Waals surface area contributed by atoms with Gasteiger partial charge in [-0.1, -0.05) is 0 Å². The molecule has 1 rings (SSSR count). The molecule has 0 aliphatic heterocycles. The van der Waals surface area contributed by atoms with Gasteiger partial charge in [-0.25, -0.2) is 9.78 Å². The van der Waals surface area contributed by atoms with Crippen molar-refractivity contribution in [1.29, 1.82) is 0 Å². The van der Waals surface area contributed by atoms with Gasteiger partial charge in [0, 0.05) is 12.6 Å². The minimum absolute atomic E-state index is 0.00838. The van der Waals surface area contributed by atoms with Crippen molar-refractivity contribution in [3.63, 3.8) is 0 Å². The molecule has 1 heterocycles. The molecule has 0 saturated heterocycles. The van der Waals surface area contributed by atoms with Crippen molar-refractivity contribution in [2.45, 2.75) is 12.8 Å². The number of nitrogens with one attached hydrogen (secondary N) is 1. The fourth-order valence-electron chi connectivity index (χ4n) is 1.43. The van der Waals surface area contributed by atoms with Gasteiger partial charge in [0.25, 0.3) is 0 Å². The zero-order chi connectivity index (χ0) is 14.3. The van der Waals surface area contributed by atoms with Crippen LogP contribution in [0.5, 0.6) is 0 Å². The van der Waals surface area contributed by atoms with E-state index in [1.807, 2.05) is 6.26 Å². The van der Waals surface area contributed by atoms with Crippen LogP contribution < -0.4 is 5.32 Å². The molecule has 7 nitrogen and oxygen atoms in total. The van der Waals surface area contributed by atoms with Crippen LogP contribution >= 0.6 is 11.8 Å². The van der Waals surface area contributed by atoms with Gasteiger partial charge in [0.05, 0.1) is 4.92 Å². The zero-order valence-electron chi connectivity index (χ0n) is 10.5. The summed E-state index contributed by atoms with van der Waals surface area (Å²) in [5, 5.41) is 22.5. The Morgan fingerprint density at radius 1 is 1.53 bits per heavy atom. The molecule has 0 fully saturated rings. The van der Waals surface area contributed by atoms with Gasteiger partial charge >= 0.3 is 11.7 Å². The smallest absolute Gasteiger partial charge is 0.354 e. The van der Waals surface area contributed by atoms with Crippen LogP contribution in [0, 0.1) is 10.1 Å². The minimum Gasteiger partial charge on any atom is -0.477 e. The van der Waals surface area contributed by atoms with E-state index in [0.29, 0.717) is 6.54 Å². The second kappa shape index (κ2) is 7.57. The van der Waals surface area contributed by atoms with Crippen LogP contribution in [0.4, 0.5) is 11.5 Å². The predicted molar refractivity (Wildman–Crippen MR) is 74.0 cm³/mol. The second-order valence-corrected chi connectivity index (χ2v) is 4.74. The molecule has 1 aromatic rings. The van der Waals surface area contributed by atoms with E-state index in [1.165, 1.54) is 0 Å². The lowest BCUT2D eigenvalue weighted by atomic mass is 10.3. The quantitative estimate of drug-likeness (QED) is 0.428. The van der Waals surface area contributed by atoms with Crippen LogP contribution in [0.15, 0.2) is 12.1 Å². The van der Waals surface area contributed by atoms with Crippen LogP contribution in [-0.4, -0.2) is 39.5 Å². The molecular formula is C11H15N3O4S. The van der Waals surface area contributed by atoms with Crippen LogP contribution in [0.3, 0.4) is 0 Å². The van der Waals surface area contributed by atoms with Gasteiger partial charge in [0.15, 0.2) is 5.69 Å². The molecule has 0 aromatic carbocycles. The van der Waals surface area contributed by atoms with Crippen molar-refractivity contribution in [3.8, 4) is 0 Å². The van der Waals surface area contributed by atoms with Crippen molar-refractivity contribution in [2.75, 3.05) is 23.9 Å². The summed E-state index contributed by atoms with van der Waals surface area (Å²) < 4.78 is 0. The van der Waals surface area contributed by atoms with Crippen molar-refractivity contribution < 1.29 is 14.8 Å². The first-order chi connectivity index (χ1) is 9.06. The van der Waals surface area contributed by atoms with Crippen LogP contribution in [0.1, 0.15) is 23.3 Å². The number of carboxylic acid groups (broad SMARTS) is 1. The van der Waals surface area contributed by atoms with Crippen LogP contribution in [-0.2, 0) is 0 Å². The third-order valence-electron chi connectivity index (χ3n) is 2.36. The summed E-state index contributed by atoms with van der Waals surface area (Å²) in [4.78, 5) is 24.8. The molecule has 0 aliphatic carbocycles. The number of hydrogen-bond donors (Lipinski definition) is 2. The Labute approximate surface area is 114 Å². The first-order valence-corrected chi connectivity index (χ1v) is 7.07. The highest BCUT2D eigenvalue weighted by atomic mass is 32.2. The van der Waals surface area contributed by atoms with Crippen LogP contribution in [0.25, 0.3) is 0 Å². The summed E-state index contributed by atoms with van der Waals surface area (Å²) in [6.45, 7) is 0.525. The average molecular weight is 285 g/mol. The predicted octanol–water partition coefficient (Wildman–Crippen LogP) is 2.24. The van der Waals surface area contributed by atoms with Gasteiger partial charge in [-0.15, -0.1) is 0 Å². The van der Waals surface area contributed by atoms with E-state index >= 15 is 0 Å². The van der Waals surface area contributed by atoms with Crippen molar-refractivity contribution in [3.05, 3.63) is 27.9 Å². The van der Waals surface area contributed by atoms with Gasteiger partial charge in [-0.2, -0.15) is 11.8 Å². The molecule has 0 bridgehead atoms. The van der Waals surface area contributed by atoms with Gasteiger partial charge in [0.2, 0.25) is 5.82 Å². The molecule has 0 aliphatic rings. The Bertz CT molecular complexity index is 467. The molecular weight excluding hydrogens is 270 g/mol. The number of anilines is 1. The van der Waals surface area contributed by atoms with E-state index < -0.39 is 10.9 Å². The Kier molecular flexibility index (Phi) is 6.07. The Morgan fingerprint density at radius 3 is 2.84 bits per heavy atom. The lowest BCUT2D eigenvalue weighted by Gasteiger charge is -2.06. The topological polar surface area (TPSA) is 105 Å². The largest absolute Gasteiger partial charge is 0.477 e. The molecule has 1 aromatic heterocycles. The maximum absolute atomic E-state index is 10.8. The van der Waals surface area contributed by atoms with E-state index in [1.54, 1.807) is 11.8 Å². The summed E-state index contributed by atoms with van der Waals surface area (Å²) in [5.74, 6) is -0.179. The number of rotatable bonds is 8.